The Hall–Kier alpha value is -1.37. The quantitative estimate of drug-likeness (QED) is 0.862. The van der Waals surface area contributed by atoms with Crippen LogP contribution in [0.3, 0.4) is 0 Å². The number of hydrogen-bond donors (Lipinski definition) is 1. The molecule has 0 spiro atoms. The molecule has 0 radical (unpaired) electrons. The summed E-state index contributed by atoms with van der Waals surface area (Å²) in [5, 5.41) is 5.01. The van der Waals surface area contributed by atoms with Gasteiger partial charge in [0.25, 0.3) is 0 Å². The third-order valence-corrected chi connectivity index (χ3v) is 6.93. The largest absolute Gasteiger partial charge is 0.381 e. The predicted molar refractivity (Wildman–Crippen MR) is 106 cm³/mol. The first-order valence-electron chi connectivity index (χ1n) is 9.30. The monoisotopic (exact) mass is 393 g/mol. The molecule has 26 heavy (non-hydrogen) atoms. The van der Waals surface area contributed by atoms with Crippen LogP contribution in [0.15, 0.2) is 12.1 Å². The van der Waals surface area contributed by atoms with Gasteiger partial charge in [-0.25, -0.2) is 4.98 Å². The highest BCUT2D eigenvalue weighted by atomic mass is 35.5. The number of benzene rings is 1. The lowest BCUT2D eigenvalue weighted by Crippen LogP contribution is -2.45. The van der Waals surface area contributed by atoms with Crippen molar-refractivity contribution in [2.75, 3.05) is 31.2 Å². The van der Waals surface area contributed by atoms with Crippen molar-refractivity contribution in [1.82, 2.24) is 10.3 Å². The average Bonchev–Trinajstić information content (AvgIpc) is 3.11. The van der Waals surface area contributed by atoms with Gasteiger partial charge in [-0.05, 0) is 50.3 Å². The van der Waals surface area contributed by atoms with Gasteiger partial charge >= 0.3 is 0 Å². The van der Waals surface area contributed by atoms with Gasteiger partial charge in [0.1, 0.15) is 0 Å². The maximum atomic E-state index is 12.5. The number of halogens is 1. The maximum Gasteiger partial charge on any atom is 0.223 e. The van der Waals surface area contributed by atoms with Gasteiger partial charge in [0.05, 0.1) is 10.2 Å². The van der Waals surface area contributed by atoms with Gasteiger partial charge in [-0.2, -0.15) is 0 Å². The summed E-state index contributed by atoms with van der Waals surface area (Å²) in [5.41, 5.74) is 2.04. The van der Waals surface area contributed by atoms with Crippen molar-refractivity contribution in [3.05, 3.63) is 22.7 Å². The van der Waals surface area contributed by atoms with Crippen molar-refractivity contribution in [3.8, 4) is 0 Å². The third-order valence-electron chi connectivity index (χ3n) is 5.44. The molecule has 0 unspecified atom stereocenters. The highest BCUT2D eigenvalue weighted by Crippen LogP contribution is 2.35. The van der Waals surface area contributed by atoms with E-state index in [1.165, 1.54) is 4.70 Å². The van der Waals surface area contributed by atoms with E-state index in [-0.39, 0.29) is 17.9 Å². The molecule has 0 aliphatic carbocycles. The number of amides is 1. The van der Waals surface area contributed by atoms with Crippen LogP contribution in [-0.2, 0) is 9.53 Å². The highest BCUT2D eigenvalue weighted by Gasteiger charge is 2.28. The number of carbonyl (C=O) groups is 1. The smallest absolute Gasteiger partial charge is 0.223 e. The normalized spacial score (nSPS) is 19.8. The summed E-state index contributed by atoms with van der Waals surface area (Å²) in [6.45, 7) is 5.27. The Kier molecular flexibility index (Phi) is 5.34. The number of nitrogens with zero attached hydrogens (tertiary/aromatic N) is 2. The minimum atomic E-state index is 0.111. The number of hydrogen-bond acceptors (Lipinski definition) is 5. The molecule has 0 atom stereocenters. The number of thiazole rings is 1. The summed E-state index contributed by atoms with van der Waals surface area (Å²) >= 11 is 7.92. The van der Waals surface area contributed by atoms with E-state index in [2.05, 4.69) is 10.2 Å². The average molecular weight is 394 g/mol. The number of nitrogens with one attached hydrogen (secondary N) is 1. The molecule has 2 aliphatic rings. The number of ether oxygens (including phenoxy) is 1. The zero-order valence-electron chi connectivity index (χ0n) is 15.0. The Morgan fingerprint density at radius 1 is 1.27 bits per heavy atom. The van der Waals surface area contributed by atoms with Crippen LogP contribution in [0.2, 0.25) is 5.02 Å². The van der Waals surface area contributed by atoms with E-state index < -0.39 is 0 Å². The molecule has 0 bridgehead atoms. The van der Waals surface area contributed by atoms with Crippen molar-refractivity contribution < 1.29 is 9.53 Å². The lowest BCUT2D eigenvalue weighted by Gasteiger charge is -2.32. The van der Waals surface area contributed by atoms with E-state index in [4.69, 9.17) is 21.3 Å². The molecule has 2 aromatic rings. The van der Waals surface area contributed by atoms with Gasteiger partial charge in [0, 0.05) is 43.3 Å². The van der Waals surface area contributed by atoms with Gasteiger partial charge in [0.15, 0.2) is 5.13 Å². The van der Waals surface area contributed by atoms with Crippen LogP contribution in [0.5, 0.6) is 0 Å². The summed E-state index contributed by atoms with van der Waals surface area (Å²) in [5.74, 6) is 0.322. The second kappa shape index (κ2) is 7.71. The van der Waals surface area contributed by atoms with Crippen LogP contribution in [0.25, 0.3) is 10.2 Å². The molecule has 2 saturated heterocycles. The number of piperidine rings is 1. The molecule has 3 heterocycles. The molecule has 4 rings (SSSR count). The Labute approximate surface area is 162 Å². The third kappa shape index (κ3) is 3.68. The van der Waals surface area contributed by atoms with E-state index in [0.717, 1.165) is 73.2 Å². The van der Waals surface area contributed by atoms with Crippen LogP contribution >= 0.6 is 22.9 Å². The summed E-state index contributed by atoms with van der Waals surface area (Å²) in [7, 11) is 0. The van der Waals surface area contributed by atoms with Crippen molar-refractivity contribution in [2.45, 2.75) is 38.6 Å². The summed E-state index contributed by atoms with van der Waals surface area (Å²) in [4.78, 5) is 19.6. The Bertz CT molecular complexity index is 795. The maximum absolute atomic E-state index is 12.5. The van der Waals surface area contributed by atoms with E-state index in [9.17, 15) is 4.79 Å². The lowest BCUT2D eigenvalue weighted by atomic mass is 9.95. The summed E-state index contributed by atoms with van der Waals surface area (Å²) in [6.07, 6.45) is 3.62. The topological polar surface area (TPSA) is 54.5 Å². The molecular weight excluding hydrogens is 370 g/mol. The SMILES string of the molecule is Cc1c(Cl)ccc2sc(N3CCC(C(=O)NC4CCOCC4)CC3)nc12. The number of fused-ring (bicyclic) bond motifs is 1. The van der Waals surface area contributed by atoms with E-state index in [1.807, 2.05) is 19.1 Å². The van der Waals surface area contributed by atoms with Gasteiger partial charge < -0.3 is 15.0 Å². The number of carbonyl (C=O) groups excluding carboxylic acids is 1. The molecule has 1 aromatic heterocycles. The minimum Gasteiger partial charge on any atom is -0.381 e. The number of rotatable bonds is 3. The van der Waals surface area contributed by atoms with Gasteiger partial charge in [-0.3, -0.25) is 4.79 Å². The first kappa shape index (κ1) is 18.0. The van der Waals surface area contributed by atoms with E-state index >= 15 is 0 Å². The fourth-order valence-electron chi connectivity index (χ4n) is 3.72. The summed E-state index contributed by atoms with van der Waals surface area (Å²) < 4.78 is 6.53. The van der Waals surface area contributed by atoms with E-state index in [1.54, 1.807) is 11.3 Å². The van der Waals surface area contributed by atoms with Gasteiger partial charge in [0.2, 0.25) is 5.91 Å². The van der Waals surface area contributed by atoms with Crippen LogP contribution in [0.1, 0.15) is 31.2 Å². The predicted octanol–water partition coefficient (Wildman–Crippen LogP) is 3.77. The lowest BCUT2D eigenvalue weighted by molar-refractivity contribution is -0.126. The number of anilines is 1. The molecule has 2 fully saturated rings. The van der Waals surface area contributed by atoms with Crippen molar-refractivity contribution in [3.63, 3.8) is 0 Å². The van der Waals surface area contributed by atoms with Crippen LogP contribution < -0.4 is 10.2 Å². The molecule has 1 N–H and O–H groups in total. The van der Waals surface area contributed by atoms with Crippen LogP contribution in [-0.4, -0.2) is 43.2 Å². The standard InChI is InChI=1S/C19H24ClN3O2S/c1-12-15(20)2-3-16-17(12)22-19(26-16)23-8-4-13(5-9-23)18(24)21-14-6-10-25-11-7-14/h2-3,13-14H,4-11H2,1H3,(H,21,24). The molecule has 140 valence electrons. The molecule has 1 amide bonds. The zero-order valence-corrected chi connectivity index (χ0v) is 16.5. The Morgan fingerprint density at radius 3 is 2.73 bits per heavy atom. The fraction of sp³-hybridized carbons (Fsp3) is 0.579. The van der Waals surface area contributed by atoms with Crippen LogP contribution in [0, 0.1) is 12.8 Å². The van der Waals surface area contributed by atoms with Crippen LogP contribution in [0.4, 0.5) is 5.13 Å². The first-order valence-corrected chi connectivity index (χ1v) is 10.5. The number of aromatic nitrogens is 1. The fourth-order valence-corrected chi connectivity index (χ4v) is 4.95. The van der Waals surface area contributed by atoms with E-state index in [0.29, 0.717) is 0 Å². The molecule has 5 nitrogen and oxygen atoms in total. The number of aryl methyl sites for hydroxylation is 1. The van der Waals surface area contributed by atoms with Gasteiger partial charge in [-0.15, -0.1) is 0 Å². The molecule has 7 heteroatoms. The van der Waals surface area contributed by atoms with Crippen molar-refractivity contribution in [1.29, 1.82) is 0 Å². The molecule has 0 saturated carbocycles. The highest BCUT2D eigenvalue weighted by molar-refractivity contribution is 7.22. The molecule has 2 aliphatic heterocycles. The second-order valence-corrected chi connectivity index (χ2v) is 8.59. The minimum absolute atomic E-state index is 0.111. The Balaban J connectivity index is 1.37. The molecule has 1 aromatic carbocycles. The van der Waals surface area contributed by atoms with Crippen molar-refractivity contribution in [2.24, 2.45) is 5.92 Å². The van der Waals surface area contributed by atoms with Gasteiger partial charge in [-0.1, -0.05) is 22.9 Å². The summed E-state index contributed by atoms with van der Waals surface area (Å²) in [6, 6.07) is 4.26. The second-order valence-electron chi connectivity index (χ2n) is 7.17. The molecular formula is C19H24ClN3O2S. The van der Waals surface area contributed by atoms with Crippen molar-refractivity contribution >= 4 is 44.2 Å². The zero-order chi connectivity index (χ0) is 18.1. The Morgan fingerprint density at radius 2 is 2.00 bits per heavy atom. The first-order chi connectivity index (χ1) is 12.6.